The van der Waals surface area contributed by atoms with E-state index in [1.54, 1.807) is 0 Å². The first-order chi connectivity index (χ1) is 14.4. The number of piperazine rings is 1. The number of nitrogens with zero attached hydrogens (tertiary/aromatic N) is 2. The van der Waals surface area contributed by atoms with Crippen LogP contribution in [0.3, 0.4) is 0 Å². The molecule has 0 bridgehead atoms. The Morgan fingerprint density at radius 1 is 0.767 bits per heavy atom. The molecule has 0 aliphatic carbocycles. The summed E-state index contributed by atoms with van der Waals surface area (Å²) in [5.74, 6) is -0.451. The zero-order valence-corrected chi connectivity index (χ0v) is 17.9. The van der Waals surface area contributed by atoms with Gasteiger partial charge >= 0.3 is 0 Å². The van der Waals surface area contributed by atoms with Crippen molar-refractivity contribution in [2.45, 2.75) is 10.9 Å². The molecule has 1 atom stereocenters. The highest BCUT2D eigenvalue weighted by atomic mass is 35.5. The van der Waals surface area contributed by atoms with Crippen LogP contribution in [0.25, 0.3) is 0 Å². The smallest absolute Gasteiger partial charge is 0.243 e. The first-order valence-electron chi connectivity index (χ1n) is 9.75. The molecule has 1 saturated heterocycles. The standard InChI is InChI=1S/C23H22ClFN2O2S/c24-20-8-6-19(7-9-20)23(18-4-2-1-3-5-18)26-14-16-27(17-15-26)30(28,29)22-12-10-21(25)11-13-22/h1-13,23H,14-17H2/t23-/m0/s1. The van der Waals surface area contributed by atoms with Crippen LogP contribution in [0.15, 0.2) is 83.8 Å². The molecule has 0 aromatic heterocycles. The van der Waals surface area contributed by atoms with Gasteiger partial charge < -0.3 is 0 Å². The van der Waals surface area contributed by atoms with Gasteiger partial charge in [-0.05, 0) is 47.5 Å². The molecule has 1 aliphatic heterocycles. The maximum atomic E-state index is 13.2. The minimum absolute atomic E-state index is 0.0131. The number of sulfonamides is 1. The summed E-state index contributed by atoms with van der Waals surface area (Å²) in [6, 6.07) is 22.9. The predicted molar refractivity (Wildman–Crippen MR) is 116 cm³/mol. The van der Waals surface area contributed by atoms with Crippen LogP contribution >= 0.6 is 11.6 Å². The van der Waals surface area contributed by atoms with E-state index in [1.165, 1.54) is 28.6 Å². The van der Waals surface area contributed by atoms with Gasteiger partial charge in [-0.3, -0.25) is 4.90 Å². The van der Waals surface area contributed by atoms with E-state index in [9.17, 15) is 12.8 Å². The lowest BCUT2D eigenvalue weighted by molar-refractivity contribution is 0.156. The van der Waals surface area contributed by atoms with Crippen LogP contribution < -0.4 is 0 Å². The molecule has 4 nitrogen and oxygen atoms in total. The molecule has 4 rings (SSSR count). The van der Waals surface area contributed by atoms with Gasteiger partial charge in [0.1, 0.15) is 5.82 Å². The molecule has 0 unspecified atom stereocenters. The van der Waals surface area contributed by atoms with Crippen LogP contribution in [-0.2, 0) is 10.0 Å². The Hall–Kier alpha value is -2.25. The Labute approximate surface area is 181 Å². The van der Waals surface area contributed by atoms with Gasteiger partial charge in [0.2, 0.25) is 10.0 Å². The van der Waals surface area contributed by atoms with E-state index in [1.807, 2.05) is 42.5 Å². The van der Waals surface area contributed by atoms with E-state index in [2.05, 4.69) is 17.0 Å². The molecule has 0 amide bonds. The molecular weight excluding hydrogens is 423 g/mol. The van der Waals surface area contributed by atoms with Crippen molar-refractivity contribution in [2.24, 2.45) is 0 Å². The normalized spacial score (nSPS) is 17.0. The maximum absolute atomic E-state index is 13.2. The first kappa shape index (κ1) is 21.0. The quantitative estimate of drug-likeness (QED) is 0.578. The van der Waals surface area contributed by atoms with Crippen molar-refractivity contribution in [1.29, 1.82) is 0 Å². The van der Waals surface area contributed by atoms with Crippen molar-refractivity contribution >= 4 is 21.6 Å². The Bertz CT molecular complexity index is 1080. The van der Waals surface area contributed by atoms with Crippen LogP contribution in [0.2, 0.25) is 5.02 Å². The summed E-state index contributed by atoms with van der Waals surface area (Å²) in [5, 5.41) is 0.681. The topological polar surface area (TPSA) is 40.6 Å². The molecule has 3 aromatic rings. The van der Waals surface area contributed by atoms with E-state index in [0.29, 0.717) is 31.2 Å². The molecule has 3 aromatic carbocycles. The Balaban J connectivity index is 1.56. The van der Waals surface area contributed by atoms with Gasteiger partial charge in [-0.2, -0.15) is 4.31 Å². The summed E-state index contributed by atoms with van der Waals surface area (Å²) >= 11 is 6.07. The number of hydrogen-bond donors (Lipinski definition) is 0. The predicted octanol–water partition coefficient (Wildman–Crippen LogP) is 4.58. The molecule has 0 radical (unpaired) electrons. The molecule has 0 spiro atoms. The van der Waals surface area contributed by atoms with E-state index >= 15 is 0 Å². The molecule has 7 heteroatoms. The molecule has 0 N–H and O–H groups in total. The van der Waals surface area contributed by atoms with Crippen molar-refractivity contribution in [3.05, 3.63) is 101 Å². The monoisotopic (exact) mass is 444 g/mol. The highest BCUT2D eigenvalue weighted by Crippen LogP contribution is 2.31. The Morgan fingerprint density at radius 3 is 1.93 bits per heavy atom. The van der Waals surface area contributed by atoms with Crippen LogP contribution in [0.4, 0.5) is 4.39 Å². The highest BCUT2D eigenvalue weighted by molar-refractivity contribution is 7.89. The summed E-state index contributed by atoms with van der Waals surface area (Å²) in [6.07, 6.45) is 0. The van der Waals surface area contributed by atoms with Crippen molar-refractivity contribution in [1.82, 2.24) is 9.21 Å². The summed E-state index contributed by atoms with van der Waals surface area (Å²) in [5.41, 5.74) is 2.26. The summed E-state index contributed by atoms with van der Waals surface area (Å²) in [6.45, 7) is 1.92. The van der Waals surface area contributed by atoms with Gasteiger partial charge in [-0.1, -0.05) is 54.1 Å². The Kier molecular flexibility index (Phi) is 6.20. The van der Waals surface area contributed by atoms with Crippen molar-refractivity contribution < 1.29 is 12.8 Å². The third-order valence-electron chi connectivity index (χ3n) is 5.39. The molecule has 1 heterocycles. The fourth-order valence-corrected chi connectivity index (χ4v) is 5.40. The second-order valence-corrected chi connectivity index (χ2v) is 9.63. The molecular formula is C23H22ClFN2O2S. The van der Waals surface area contributed by atoms with E-state index in [-0.39, 0.29) is 10.9 Å². The van der Waals surface area contributed by atoms with Gasteiger partial charge in [-0.15, -0.1) is 0 Å². The number of benzene rings is 3. The Morgan fingerprint density at radius 2 is 1.33 bits per heavy atom. The molecule has 1 aliphatic rings. The number of halogens is 2. The summed E-state index contributed by atoms with van der Waals surface area (Å²) in [4.78, 5) is 2.41. The van der Waals surface area contributed by atoms with Crippen molar-refractivity contribution in [3.8, 4) is 0 Å². The second-order valence-electron chi connectivity index (χ2n) is 7.26. The van der Waals surface area contributed by atoms with Gasteiger partial charge in [-0.25, -0.2) is 12.8 Å². The van der Waals surface area contributed by atoms with Gasteiger partial charge in [0.25, 0.3) is 0 Å². The van der Waals surface area contributed by atoms with Crippen LogP contribution in [0, 0.1) is 5.82 Å². The van der Waals surface area contributed by atoms with E-state index < -0.39 is 15.8 Å². The van der Waals surface area contributed by atoms with Crippen molar-refractivity contribution in [2.75, 3.05) is 26.2 Å². The fraction of sp³-hybridized carbons (Fsp3) is 0.217. The zero-order chi connectivity index (χ0) is 21.1. The SMILES string of the molecule is O=S(=O)(c1ccc(F)cc1)N1CCN([C@@H](c2ccccc2)c2ccc(Cl)cc2)CC1. The summed E-state index contributed by atoms with van der Waals surface area (Å²) in [7, 11) is -3.64. The molecule has 1 fully saturated rings. The second kappa shape index (κ2) is 8.86. The van der Waals surface area contributed by atoms with Crippen LogP contribution in [0.5, 0.6) is 0 Å². The number of rotatable bonds is 5. The lowest BCUT2D eigenvalue weighted by Crippen LogP contribution is -2.49. The maximum Gasteiger partial charge on any atom is 0.243 e. The average Bonchev–Trinajstić information content (AvgIpc) is 2.77. The molecule has 30 heavy (non-hydrogen) atoms. The fourth-order valence-electron chi connectivity index (χ4n) is 3.85. The van der Waals surface area contributed by atoms with Gasteiger partial charge in [0.05, 0.1) is 10.9 Å². The summed E-state index contributed by atoms with van der Waals surface area (Å²) < 4.78 is 40.5. The third-order valence-corrected chi connectivity index (χ3v) is 7.56. The average molecular weight is 445 g/mol. The minimum Gasteiger partial charge on any atom is -0.290 e. The zero-order valence-electron chi connectivity index (χ0n) is 16.3. The van der Waals surface area contributed by atoms with Crippen molar-refractivity contribution in [3.63, 3.8) is 0 Å². The largest absolute Gasteiger partial charge is 0.290 e. The van der Waals surface area contributed by atoms with E-state index in [4.69, 9.17) is 11.6 Å². The first-order valence-corrected chi connectivity index (χ1v) is 11.6. The lowest BCUT2D eigenvalue weighted by Gasteiger charge is -2.39. The third kappa shape index (κ3) is 4.42. The highest BCUT2D eigenvalue weighted by Gasteiger charge is 2.32. The number of hydrogen-bond acceptors (Lipinski definition) is 3. The van der Waals surface area contributed by atoms with E-state index in [0.717, 1.165) is 11.1 Å². The van der Waals surface area contributed by atoms with Crippen LogP contribution in [-0.4, -0.2) is 43.8 Å². The van der Waals surface area contributed by atoms with Crippen LogP contribution in [0.1, 0.15) is 17.2 Å². The lowest BCUT2D eigenvalue weighted by atomic mass is 9.96. The minimum atomic E-state index is -3.64. The van der Waals surface area contributed by atoms with Gasteiger partial charge in [0.15, 0.2) is 0 Å². The van der Waals surface area contributed by atoms with Gasteiger partial charge in [0, 0.05) is 31.2 Å². The molecule has 156 valence electrons. The molecule has 0 saturated carbocycles.